The summed E-state index contributed by atoms with van der Waals surface area (Å²) < 4.78 is 0. The fraction of sp³-hybridized carbons (Fsp3) is 0.318. The molecule has 4 nitrogen and oxygen atoms in total. The molecule has 1 aliphatic heterocycles. The number of rotatable bonds is 2. The number of nitrogens with zero attached hydrogens (tertiary/aromatic N) is 1. The van der Waals surface area contributed by atoms with Gasteiger partial charge in [0, 0.05) is 25.5 Å². The zero-order valence-corrected chi connectivity index (χ0v) is 15.6. The molecule has 0 saturated heterocycles. The van der Waals surface area contributed by atoms with Gasteiger partial charge in [-0.05, 0) is 48.6 Å². The SMILES string of the molecule is CC/C1=C/Nc2ccccc2NCC(CC)CNc2ccccc2N=C1. The van der Waals surface area contributed by atoms with E-state index in [4.69, 9.17) is 4.99 Å². The lowest BCUT2D eigenvalue weighted by Crippen LogP contribution is -2.22. The molecule has 26 heavy (non-hydrogen) atoms. The standard InChI is InChI=1S/C22H28N4/c1-3-17-13-23-19-9-5-7-11-21(19)25-15-18(4-2)16-26-22-12-8-6-10-20(22)24-14-17/h5-14,18,23,25-26H,3-4,15-16H2,1-2H3/b17-13-,24-14?. The fourth-order valence-corrected chi connectivity index (χ4v) is 2.92. The van der Waals surface area contributed by atoms with E-state index in [9.17, 15) is 0 Å². The Bertz CT molecular complexity index is 779. The lowest BCUT2D eigenvalue weighted by atomic mass is 10.1. The molecule has 0 spiro atoms. The molecule has 4 heteroatoms. The molecule has 0 saturated carbocycles. The summed E-state index contributed by atoms with van der Waals surface area (Å²) in [5, 5.41) is 10.6. The molecule has 0 radical (unpaired) electrons. The Labute approximate surface area is 156 Å². The smallest absolute Gasteiger partial charge is 0.0861 e. The molecule has 0 aliphatic carbocycles. The van der Waals surface area contributed by atoms with Gasteiger partial charge in [-0.2, -0.15) is 0 Å². The predicted octanol–water partition coefficient (Wildman–Crippen LogP) is 5.66. The second kappa shape index (κ2) is 9.09. The van der Waals surface area contributed by atoms with Crippen LogP contribution in [0.3, 0.4) is 0 Å². The van der Waals surface area contributed by atoms with Crippen molar-refractivity contribution in [3.8, 4) is 0 Å². The van der Waals surface area contributed by atoms with Crippen LogP contribution >= 0.6 is 0 Å². The number of hydrogen-bond donors (Lipinski definition) is 3. The van der Waals surface area contributed by atoms with E-state index in [1.165, 1.54) is 0 Å². The van der Waals surface area contributed by atoms with Crippen molar-refractivity contribution >= 4 is 29.0 Å². The van der Waals surface area contributed by atoms with Crippen LogP contribution in [-0.2, 0) is 0 Å². The summed E-state index contributed by atoms with van der Waals surface area (Å²) in [7, 11) is 0. The van der Waals surface area contributed by atoms with E-state index in [-0.39, 0.29) is 0 Å². The zero-order chi connectivity index (χ0) is 18.2. The molecule has 1 unspecified atom stereocenters. The van der Waals surface area contributed by atoms with Crippen LogP contribution in [0.15, 0.2) is 65.3 Å². The first-order valence-electron chi connectivity index (χ1n) is 9.45. The van der Waals surface area contributed by atoms with Gasteiger partial charge < -0.3 is 16.0 Å². The predicted molar refractivity (Wildman–Crippen MR) is 114 cm³/mol. The largest absolute Gasteiger partial charge is 0.383 e. The van der Waals surface area contributed by atoms with Crippen molar-refractivity contribution in [2.45, 2.75) is 26.7 Å². The molecule has 136 valence electrons. The maximum absolute atomic E-state index is 4.72. The number of hydrogen-bond acceptors (Lipinski definition) is 4. The molecular weight excluding hydrogens is 320 g/mol. The second-order valence-electron chi connectivity index (χ2n) is 6.57. The summed E-state index contributed by atoms with van der Waals surface area (Å²) in [6, 6.07) is 16.6. The Kier molecular flexibility index (Phi) is 6.31. The number of allylic oxidation sites excluding steroid dienone is 1. The first-order valence-corrected chi connectivity index (χ1v) is 9.45. The Hall–Kier alpha value is -2.75. The van der Waals surface area contributed by atoms with Crippen LogP contribution in [0.2, 0.25) is 0 Å². The number of nitrogens with one attached hydrogen (secondary N) is 3. The van der Waals surface area contributed by atoms with Crippen molar-refractivity contribution in [2.75, 3.05) is 29.0 Å². The van der Waals surface area contributed by atoms with Crippen molar-refractivity contribution in [3.63, 3.8) is 0 Å². The molecule has 1 aliphatic rings. The van der Waals surface area contributed by atoms with Gasteiger partial charge >= 0.3 is 0 Å². The number of fused-ring (bicyclic) bond motifs is 2. The van der Waals surface area contributed by atoms with E-state index in [2.05, 4.69) is 72.3 Å². The summed E-state index contributed by atoms with van der Waals surface area (Å²) in [5.41, 5.74) is 5.44. The average Bonchev–Trinajstić information content (AvgIpc) is 2.69. The van der Waals surface area contributed by atoms with E-state index in [1.54, 1.807) is 0 Å². The molecule has 0 bridgehead atoms. The monoisotopic (exact) mass is 348 g/mol. The summed E-state index contributed by atoms with van der Waals surface area (Å²) in [4.78, 5) is 4.72. The van der Waals surface area contributed by atoms with Crippen molar-refractivity contribution < 1.29 is 0 Å². The second-order valence-corrected chi connectivity index (χ2v) is 6.57. The third-order valence-electron chi connectivity index (χ3n) is 4.76. The molecular formula is C22H28N4. The van der Waals surface area contributed by atoms with Gasteiger partial charge in [-0.15, -0.1) is 0 Å². The first kappa shape index (κ1) is 18.1. The van der Waals surface area contributed by atoms with Crippen molar-refractivity contribution in [1.82, 2.24) is 0 Å². The molecule has 1 atom stereocenters. The maximum atomic E-state index is 4.72. The lowest BCUT2D eigenvalue weighted by Gasteiger charge is -2.20. The highest BCUT2D eigenvalue weighted by molar-refractivity contribution is 5.84. The van der Waals surface area contributed by atoms with E-state index < -0.39 is 0 Å². The number of aliphatic imine (C=N–C) groups is 1. The van der Waals surface area contributed by atoms with E-state index in [0.717, 1.165) is 54.3 Å². The van der Waals surface area contributed by atoms with Crippen molar-refractivity contribution in [2.24, 2.45) is 10.9 Å². The number of para-hydroxylation sites is 4. The fourth-order valence-electron chi connectivity index (χ4n) is 2.92. The third kappa shape index (κ3) is 4.66. The number of anilines is 3. The molecule has 0 amide bonds. The first-order chi connectivity index (χ1) is 12.8. The summed E-state index contributed by atoms with van der Waals surface area (Å²) >= 11 is 0. The Morgan fingerprint density at radius 1 is 0.885 bits per heavy atom. The van der Waals surface area contributed by atoms with E-state index in [1.807, 2.05) is 18.5 Å². The molecule has 2 aromatic carbocycles. The Balaban J connectivity index is 1.94. The molecule has 3 rings (SSSR count). The summed E-state index contributed by atoms with van der Waals surface area (Å²) in [6.45, 7) is 6.23. The molecule has 0 fully saturated rings. The van der Waals surface area contributed by atoms with Crippen LogP contribution in [0.25, 0.3) is 0 Å². The van der Waals surface area contributed by atoms with Gasteiger partial charge in [-0.25, -0.2) is 0 Å². The number of benzene rings is 2. The van der Waals surface area contributed by atoms with Crippen LogP contribution in [0.4, 0.5) is 22.7 Å². The maximum Gasteiger partial charge on any atom is 0.0861 e. The van der Waals surface area contributed by atoms with Crippen LogP contribution < -0.4 is 16.0 Å². The molecule has 3 N–H and O–H groups in total. The van der Waals surface area contributed by atoms with Gasteiger partial charge in [0.25, 0.3) is 0 Å². The minimum Gasteiger partial charge on any atom is -0.383 e. The summed E-state index contributed by atoms with van der Waals surface area (Å²) in [5.74, 6) is 0.532. The highest BCUT2D eigenvalue weighted by Gasteiger charge is 2.10. The zero-order valence-electron chi connectivity index (χ0n) is 15.6. The Morgan fingerprint density at radius 3 is 2.27 bits per heavy atom. The van der Waals surface area contributed by atoms with E-state index in [0.29, 0.717) is 5.92 Å². The van der Waals surface area contributed by atoms with Crippen LogP contribution in [0.5, 0.6) is 0 Å². The van der Waals surface area contributed by atoms with E-state index >= 15 is 0 Å². The van der Waals surface area contributed by atoms with Crippen LogP contribution in [0.1, 0.15) is 26.7 Å². The highest BCUT2D eigenvalue weighted by atomic mass is 15.0. The van der Waals surface area contributed by atoms with Gasteiger partial charge in [0.15, 0.2) is 0 Å². The third-order valence-corrected chi connectivity index (χ3v) is 4.76. The molecule has 0 aromatic heterocycles. The van der Waals surface area contributed by atoms with Gasteiger partial charge in [-0.1, -0.05) is 38.1 Å². The summed E-state index contributed by atoms with van der Waals surface area (Å²) in [6.07, 6.45) is 6.02. The van der Waals surface area contributed by atoms with Crippen LogP contribution in [0, 0.1) is 5.92 Å². The van der Waals surface area contributed by atoms with Gasteiger partial charge in [0.1, 0.15) is 0 Å². The van der Waals surface area contributed by atoms with Gasteiger partial charge in [0.05, 0.1) is 22.7 Å². The average molecular weight is 348 g/mol. The lowest BCUT2D eigenvalue weighted by molar-refractivity contribution is 0.565. The van der Waals surface area contributed by atoms with Crippen molar-refractivity contribution in [1.29, 1.82) is 0 Å². The van der Waals surface area contributed by atoms with Gasteiger partial charge in [0.2, 0.25) is 0 Å². The quantitative estimate of drug-likeness (QED) is 0.656. The highest BCUT2D eigenvalue weighted by Crippen LogP contribution is 2.26. The normalized spacial score (nSPS) is 19.5. The Morgan fingerprint density at radius 2 is 1.54 bits per heavy atom. The minimum atomic E-state index is 0.532. The minimum absolute atomic E-state index is 0.532. The van der Waals surface area contributed by atoms with Gasteiger partial charge in [-0.3, -0.25) is 4.99 Å². The molecule has 1 heterocycles. The van der Waals surface area contributed by atoms with Crippen molar-refractivity contribution in [3.05, 3.63) is 60.3 Å². The topological polar surface area (TPSA) is 48.4 Å². The van der Waals surface area contributed by atoms with Crippen LogP contribution in [-0.4, -0.2) is 19.3 Å². The molecule has 2 aromatic rings.